The van der Waals surface area contributed by atoms with Crippen LogP contribution < -0.4 is 11.1 Å². The van der Waals surface area contributed by atoms with Crippen LogP contribution in [0.15, 0.2) is 54.6 Å². The van der Waals surface area contributed by atoms with E-state index in [4.69, 9.17) is 5.73 Å². The molecule has 2 aromatic rings. The maximum absolute atomic E-state index is 11.5. The van der Waals surface area contributed by atoms with Crippen LogP contribution in [0.2, 0.25) is 0 Å². The molecule has 6 heteroatoms. The third-order valence-corrected chi connectivity index (χ3v) is 3.05. The SMILES string of the molecule is NC(=O)[C@@H](Cc1ccccc1)Nc1ccc([N+](=O)[O-])cc1. The summed E-state index contributed by atoms with van der Waals surface area (Å²) >= 11 is 0. The lowest BCUT2D eigenvalue weighted by atomic mass is 10.1. The molecule has 21 heavy (non-hydrogen) atoms. The van der Waals surface area contributed by atoms with Crippen LogP contribution in [0.5, 0.6) is 0 Å². The van der Waals surface area contributed by atoms with E-state index in [1.807, 2.05) is 30.3 Å². The van der Waals surface area contributed by atoms with Gasteiger partial charge in [0.2, 0.25) is 5.91 Å². The Bertz CT molecular complexity index is 626. The van der Waals surface area contributed by atoms with Crippen LogP contribution in [0.3, 0.4) is 0 Å². The molecule has 3 N–H and O–H groups in total. The molecule has 0 aliphatic rings. The predicted molar refractivity (Wildman–Crippen MR) is 79.8 cm³/mol. The van der Waals surface area contributed by atoms with E-state index >= 15 is 0 Å². The average Bonchev–Trinajstić information content (AvgIpc) is 2.48. The summed E-state index contributed by atoms with van der Waals surface area (Å²) in [5.74, 6) is -0.475. The Morgan fingerprint density at radius 2 is 1.76 bits per heavy atom. The van der Waals surface area contributed by atoms with Crippen LogP contribution in [0.25, 0.3) is 0 Å². The minimum absolute atomic E-state index is 0.000709. The van der Waals surface area contributed by atoms with E-state index in [0.717, 1.165) is 5.56 Å². The lowest BCUT2D eigenvalue weighted by molar-refractivity contribution is -0.384. The molecular weight excluding hydrogens is 270 g/mol. The number of nitrogens with zero attached hydrogens (tertiary/aromatic N) is 1. The molecule has 0 bridgehead atoms. The smallest absolute Gasteiger partial charge is 0.269 e. The van der Waals surface area contributed by atoms with Crippen LogP contribution in [0, 0.1) is 10.1 Å². The highest BCUT2D eigenvalue weighted by Crippen LogP contribution is 2.17. The first-order chi connectivity index (χ1) is 10.1. The van der Waals surface area contributed by atoms with Crippen LogP contribution in [-0.4, -0.2) is 16.9 Å². The third kappa shape index (κ3) is 4.04. The molecule has 0 spiro atoms. The standard InChI is InChI=1S/C15H15N3O3/c16-15(19)14(10-11-4-2-1-3-5-11)17-12-6-8-13(9-7-12)18(20)21/h1-9,14,17H,10H2,(H2,16,19)/t14-/m1/s1. The van der Waals surface area contributed by atoms with E-state index in [2.05, 4.69) is 5.32 Å². The largest absolute Gasteiger partial charge is 0.373 e. The molecule has 0 aromatic heterocycles. The average molecular weight is 285 g/mol. The van der Waals surface area contributed by atoms with E-state index in [1.54, 1.807) is 12.1 Å². The predicted octanol–water partition coefficient (Wildman–Crippen LogP) is 2.10. The summed E-state index contributed by atoms with van der Waals surface area (Å²) < 4.78 is 0. The van der Waals surface area contributed by atoms with E-state index in [0.29, 0.717) is 12.1 Å². The molecule has 0 aliphatic carbocycles. The topological polar surface area (TPSA) is 98.3 Å². The number of non-ortho nitro benzene ring substituents is 1. The first kappa shape index (κ1) is 14.5. The molecule has 0 saturated carbocycles. The number of rotatable bonds is 6. The zero-order valence-corrected chi connectivity index (χ0v) is 11.2. The maximum atomic E-state index is 11.5. The number of carbonyl (C=O) groups is 1. The van der Waals surface area contributed by atoms with Gasteiger partial charge < -0.3 is 11.1 Å². The van der Waals surface area contributed by atoms with Crippen LogP contribution in [-0.2, 0) is 11.2 Å². The van der Waals surface area contributed by atoms with E-state index in [1.165, 1.54) is 12.1 Å². The number of nitrogens with one attached hydrogen (secondary N) is 1. The van der Waals surface area contributed by atoms with Gasteiger partial charge in [-0.25, -0.2) is 0 Å². The number of anilines is 1. The monoisotopic (exact) mass is 285 g/mol. The van der Waals surface area contributed by atoms with Crippen molar-refractivity contribution in [2.24, 2.45) is 5.73 Å². The Kier molecular flexibility index (Phi) is 4.50. The number of nitro groups is 1. The van der Waals surface area contributed by atoms with Crippen molar-refractivity contribution >= 4 is 17.3 Å². The second kappa shape index (κ2) is 6.51. The number of primary amides is 1. The van der Waals surface area contributed by atoms with Gasteiger partial charge in [-0.05, 0) is 17.7 Å². The zero-order chi connectivity index (χ0) is 15.2. The molecule has 0 radical (unpaired) electrons. The lowest BCUT2D eigenvalue weighted by Crippen LogP contribution is -2.37. The van der Waals surface area contributed by atoms with Gasteiger partial charge in [0, 0.05) is 24.2 Å². The number of nitrogens with two attached hydrogens (primary N) is 1. The fraction of sp³-hybridized carbons (Fsp3) is 0.133. The second-order valence-corrected chi connectivity index (χ2v) is 4.59. The Morgan fingerprint density at radius 3 is 2.29 bits per heavy atom. The molecule has 0 unspecified atom stereocenters. The summed E-state index contributed by atoms with van der Waals surface area (Å²) in [6.45, 7) is 0. The fourth-order valence-electron chi connectivity index (χ4n) is 1.95. The Balaban J connectivity index is 2.09. The minimum atomic E-state index is -0.575. The van der Waals surface area contributed by atoms with Gasteiger partial charge in [-0.3, -0.25) is 14.9 Å². The molecule has 1 atom stereocenters. The summed E-state index contributed by atoms with van der Waals surface area (Å²) in [7, 11) is 0. The van der Waals surface area contributed by atoms with Crippen molar-refractivity contribution in [2.75, 3.05) is 5.32 Å². The van der Waals surface area contributed by atoms with Gasteiger partial charge in [0.05, 0.1) is 4.92 Å². The van der Waals surface area contributed by atoms with E-state index < -0.39 is 16.9 Å². The highest BCUT2D eigenvalue weighted by atomic mass is 16.6. The van der Waals surface area contributed by atoms with Gasteiger partial charge in [0.25, 0.3) is 5.69 Å². The highest BCUT2D eigenvalue weighted by Gasteiger charge is 2.16. The van der Waals surface area contributed by atoms with E-state index in [-0.39, 0.29) is 5.69 Å². The first-order valence-electron chi connectivity index (χ1n) is 6.40. The quantitative estimate of drug-likeness (QED) is 0.627. The van der Waals surface area contributed by atoms with Crippen LogP contribution >= 0.6 is 0 Å². The fourth-order valence-corrected chi connectivity index (χ4v) is 1.95. The Labute approximate surface area is 121 Å². The minimum Gasteiger partial charge on any atom is -0.373 e. The summed E-state index contributed by atoms with van der Waals surface area (Å²) in [6.07, 6.45) is 0.452. The van der Waals surface area contributed by atoms with Gasteiger partial charge in [-0.15, -0.1) is 0 Å². The molecule has 0 aliphatic heterocycles. The van der Waals surface area contributed by atoms with Crippen molar-refractivity contribution < 1.29 is 9.72 Å². The van der Waals surface area contributed by atoms with Crippen molar-refractivity contribution in [2.45, 2.75) is 12.5 Å². The number of hydrogen-bond acceptors (Lipinski definition) is 4. The summed E-state index contributed by atoms with van der Waals surface area (Å²) in [5, 5.41) is 13.6. The van der Waals surface area contributed by atoms with Gasteiger partial charge in [-0.1, -0.05) is 30.3 Å². The summed E-state index contributed by atoms with van der Waals surface area (Å²) in [5.41, 5.74) is 6.99. The van der Waals surface area contributed by atoms with Crippen molar-refractivity contribution in [1.82, 2.24) is 0 Å². The number of hydrogen-bond donors (Lipinski definition) is 2. The van der Waals surface area contributed by atoms with Crippen LogP contribution in [0.1, 0.15) is 5.56 Å². The van der Waals surface area contributed by atoms with Gasteiger partial charge in [0.15, 0.2) is 0 Å². The van der Waals surface area contributed by atoms with Crippen molar-refractivity contribution in [3.05, 3.63) is 70.3 Å². The summed E-state index contributed by atoms with van der Waals surface area (Å²) in [4.78, 5) is 21.7. The third-order valence-electron chi connectivity index (χ3n) is 3.05. The number of amides is 1. The number of carbonyl (C=O) groups excluding carboxylic acids is 1. The molecule has 0 saturated heterocycles. The normalized spacial score (nSPS) is 11.6. The van der Waals surface area contributed by atoms with Crippen molar-refractivity contribution in [3.8, 4) is 0 Å². The van der Waals surface area contributed by atoms with Gasteiger partial charge >= 0.3 is 0 Å². The molecule has 0 fully saturated rings. The highest BCUT2D eigenvalue weighted by molar-refractivity contribution is 5.83. The molecule has 6 nitrogen and oxygen atoms in total. The maximum Gasteiger partial charge on any atom is 0.269 e. The molecule has 0 heterocycles. The van der Waals surface area contributed by atoms with Crippen LogP contribution in [0.4, 0.5) is 11.4 Å². The summed E-state index contributed by atoms with van der Waals surface area (Å²) in [6, 6.07) is 14.8. The number of nitro benzene ring substituents is 1. The molecule has 2 aromatic carbocycles. The second-order valence-electron chi connectivity index (χ2n) is 4.59. The molecule has 1 amide bonds. The van der Waals surface area contributed by atoms with Crippen molar-refractivity contribution in [1.29, 1.82) is 0 Å². The zero-order valence-electron chi connectivity index (χ0n) is 11.2. The molecular formula is C15H15N3O3. The lowest BCUT2D eigenvalue weighted by Gasteiger charge is -2.16. The van der Waals surface area contributed by atoms with Gasteiger partial charge in [0.1, 0.15) is 6.04 Å². The molecule has 2 rings (SSSR count). The van der Waals surface area contributed by atoms with Crippen molar-refractivity contribution in [3.63, 3.8) is 0 Å². The number of benzene rings is 2. The molecule has 108 valence electrons. The van der Waals surface area contributed by atoms with E-state index in [9.17, 15) is 14.9 Å². The Hall–Kier alpha value is -2.89. The Morgan fingerprint density at radius 1 is 1.14 bits per heavy atom. The van der Waals surface area contributed by atoms with Gasteiger partial charge in [-0.2, -0.15) is 0 Å². The first-order valence-corrected chi connectivity index (χ1v) is 6.40.